The van der Waals surface area contributed by atoms with Gasteiger partial charge in [-0.1, -0.05) is 0 Å². The van der Waals surface area contributed by atoms with Crippen LogP contribution in [0.3, 0.4) is 0 Å². The van der Waals surface area contributed by atoms with Gasteiger partial charge in [0.25, 0.3) is 5.91 Å². The van der Waals surface area contributed by atoms with E-state index in [1.807, 2.05) is 0 Å². The van der Waals surface area contributed by atoms with Gasteiger partial charge < -0.3 is 24.6 Å². The summed E-state index contributed by atoms with van der Waals surface area (Å²) in [7, 11) is 0. The van der Waals surface area contributed by atoms with Crippen LogP contribution in [0.4, 0.5) is 5.69 Å². The summed E-state index contributed by atoms with van der Waals surface area (Å²) in [5, 5.41) is 12.2. The number of morpholine rings is 1. The molecule has 0 aliphatic carbocycles. The summed E-state index contributed by atoms with van der Waals surface area (Å²) >= 11 is 0. The summed E-state index contributed by atoms with van der Waals surface area (Å²) in [5.74, 6) is -1.17. The standard InChI is InChI=1S/C24H28N2O7/c1-3-32-22-5-4-17(16(2)27)15-21(22)25-23(28)18-12-19(24(29)30)14-20(13-18)33-11-8-26-6-9-31-10-7-26/h4-5,12-15H,3,6-11H2,1-2H3,(H,25,28)(H,29,30). The van der Waals surface area contributed by atoms with Crippen molar-refractivity contribution in [1.29, 1.82) is 0 Å². The van der Waals surface area contributed by atoms with Crippen LogP contribution in [0.2, 0.25) is 0 Å². The molecule has 176 valence electrons. The second kappa shape index (κ2) is 11.4. The van der Waals surface area contributed by atoms with Crippen LogP contribution in [0.25, 0.3) is 0 Å². The van der Waals surface area contributed by atoms with Crippen molar-refractivity contribution in [2.45, 2.75) is 13.8 Å². The van der Waals surface area contributed by atoms with Crippen molar-refractivity contribution < 1.29 is 33.7 Å². The predicted molar refractivity (Wildman–Crippen MR) is 122 cm³/mol. The first-order valence-corrected chi connectivity index (χ1v) is 10.8. The van der Waals surface area contributed by atoms with Crippen LogP contribution in [-0.4, -0.2) is 73.7 Å². The van der Waals surface area contributed by atoms with Crippen molar-refractivity contribution in [2.75, 3.05) is 51.4 Å². The van der Waals surface area contributed by atoms with Gasteiger partial charge in [0.2, 0.25) is 0 Å². The maximum Gasteiger partial charge on any atom is 0.335 e. The molecular formula is C24H28N2O7. The van der Waals surface area contributed by atoms with Gasteiger partial charge >= 0.3 is 5.97 Å². The highest BCUT2D eigenvalue weighted by molar-refractivity contribution is 6.07. The molecule has 0 spiro atoms. The maximum atomic E-state index is 13.0. The third-order valence-electron chi connectivity index (χ3n) is 5.13. The number of rotatable bonds is 10. The van der Waals surface area contributed by atoms with E-state index in [1.54, 1.807) is 19.1 Å². The number of carboxylic acid groups (broad SMARTS) is 1. The summed E-state index contributed by atoms with van der Waals surface area (Å²) in [6.45, 7) is 7.59. The van der Waals surface area contributed by atoms with Crippen LogP contribution in [0.15, 0.2) is 36.4 Å². The van der Waals surface area contributed by atoms with Gasteiger partial charge in [0.15, 0.2) is 5.78 Å². The number of ketones is 1. The summed E-state index contributed by atoms with van der Waals surface area (Å²) in [4.78, 5) is 38.5. The molecule has 0 atom stereocenters. The number of carbonyl (C=O) groups is 3. The fourth-order valence-corrected chi connectivity index (χ4v) is 3.38. The number of carboxylic acids is 1. The Morgan fingerprint density at radius 3 is 2.42 bits per heavy atom. The third-order valence-corrected chi connectivity index (χ3v) is 5.13. The highest BCUT2D eigenvalue weighted by Crippen LogP contribution is 2.27. The molecule has 2 aromatic rings. The van der Waals surface area contributed by atoms with E-state index in [4.69, 9.17) is 14.2 Å². The number of anilines is 1. The van der Waals surface area contributed by atoms with Crippen LogP contribution < -0.4 is 14.8 Å². The molecule has 1 aliphatic heterocycles. The minimum atomic E-state index is -1.17. The van der Waals surface area contributed by atoms with Crippen molar-refractivity contribution in [3.63, 3.8) is 0 Å². The van der Waals surface area contributed by atoms with Crippen LogP contribution in [0.1, 0.15) is 44.9 Å². The van der Waals surface area contributed by atoms with Crippen LogP contribution in [-0.2, 0) is 4.74 Å². The fourth-order valence-electron chi connectivity index (χ4n) is 3.38. The minimum absolute atomic E-state index is 0.0634. The molecule has 3 rings (SSSR count). The van der Waals surface area contributed by atoms with Crippen LogP contribution in [0.5, 0.6) is 11.5 Å². The number of nitrogens with zero attached hydrogens (tertiary/aromatic N) is 1. The molecule has 0 saturated carbocycles. The average Bonchev–Trinajstić information content (AvgIpc) is 2.80. The Morgan fingerprint density at radius 1 is 1.03 bits per heavy atom. The van der Waals surface area contributed by atoms with Gasteiger partial charge in [-0.3, -0.25) is 14.5 Å². The van der Waals surface area contributed by atoms with Crippen molar-refractivity contribution in [1.82, 2.24) is 4.90 Å². The second-order valence-electron chi connectivity index (χ2n) is 7.51. The van der Waals surface area contributed by atoms with E-state index < -0.39 is 11.9 Å². The van der Waals surface area contributed by atoms with Crippen molar-refractivity contribution in [3.05, 3.63) is 53.1 Å². The monoisotopic (exact) mass is 456 g/mol. The van der Waals surface area contributed by atoms with E-state index in [-0.39, 0.29) is 22.7 Å². The van der Waals surface area contributed by atoms with Gasteiger partial charge in [-0.2, -0.15) is 0 Å². The largest absolute Gasteiger partial charge is 0.492 e. The van der Waals surface area contributed by atoms with Gasteiger partial charge in [-0.05, 0) is 50.2 Å². The Balaban J connectivity index is 1.78. The number of carbonyl (C=O) groups excluding carboxylic acids is 2. The Hall–Kier alpha value is -3.43. The van der Waals surface area contributed by atoms with Crippen molar-refractivity contribution in [2.24, 2.45) is 0 Å². The summed E-state index contributed by atoms with van der Waals surface area (Å²) in [6, 6.07) is 8.93. The SMILES string of the molecule is CCOc1ccc(C(C)=O)cc1NC(=O)c1cc(OCCN2CCOCC2)cc(C(=O)O)c1. The molecule has 1 fully saturated rings. The second-order valence-corrected chi connectivity index (χ2v) is 7.51. The molecule has 0 unspecified atom stereocenters. The highest BCUT2D eigenvalue weighted by atomic mass is 16.5. The smallest absolute Gasteiger partial charge is 0.335 e. The molecule has 2 N–H and O–H groups in total. The molecule has 1 heterocycles. The quantitative estimate of drug-likeness (QED) is 0.525. The van der Waals surface area contributed by atoms with E-state index >= 15 is 0 Å². The topological polar surface area (TPSA) is 114 Å². The van der Waals surface area contributed by atoms with Crippen molar-refractivity contribution >= 4 is 23.3 Å². The zero-order valence-corrected chi connectivity index (χ0v) is 18.8. The molecule has 0 aromatic heterocycles. The molecule has 1 amide bonds. The zero-order valence-electron chi connectivity index (χ0n) is 18.8. The van der Waals surface area contributed by atoms with Gasteiger partial charge in [0, 0.05) is 30.8 Å². The van der Waals surface area contributed by atoms with Gasteiger partial charge in [-0.25, -0.2) is 4.79 Å². The van der Waals surface area contributed by atoms with E-state index in [0.29, 0.717) is 50.0 Å². The van der Waals surface area contributed by atoms with Crippen molar-refractivity contribution in [3.8, 4) is 11.5 Å². The number of hydrogen-bond acceptors (Lipinski definition) is 7. The average molecular weight is 456 g/mol. The first kappa shape index (κ1) is 24.2. The number of ether oxygens (including phenoxy) is 3. The van der Waals surface area contributed by atoms with E-state index in [9.17, 15) is 19.5 Å². The van der Waals surface area contributed by atoms with E-state index in [0.717, 1.165) is 13.1 Å². The first-order valence-electron chi connectivity index (χ1n) is 10.8. The number of aromatic carboxylic acids is 1. The zero-order chi connectivity index (χ0) is 23.8. The molecule has 0 bridgehead atoms. The van der Waals surface area contributed by atoms with Crippen LogP contribution in [0, 0.1) is 0 Å². The molecule has 33 heavy (non-hydrogen) atoms. The molecule has 2 aromatic carbocycles. The number of benzene rings is 2. The Labute approximate surface area is 192 Å². The number of amides is 1. The van der Waals surface area contributed by atoms with Crippen LogP contribution >= 0.6 is 0 Å². The normalized spacial score (nSPS) is 13.9. The fraction of sp³-hybridized carbons (Fsp3) is 0.375. The molecule has 9 heteroatoms. The molecule has 1 aliphatic rings. The molecule has 1 saturated heterocycles. The minimum Gasteiger partial charge on any atom is -0.492 e. The van der Waals surface area contributed by atoms with Gasteiger partial charge in [0.05, 0.1) is 31.1 Å². The lowest BCUT2D eigenvalue weighted by Gasteiger charge is -2.26. The lowest BCUT2D eigenvalue weighted by atomic mass is 10.1. The lowest BCUT2D eigenvalue weighted by molar-refractivity contribution is 0.0322. The lowest BCUT2D eigenvalue weighted by Crippen LogP contribution is -2.38. The predicted octanol–water partition coefficient (Wildman–Crippen LogP) is 2.95. The molecule has 9 nitrogen and oxygen atoms in total. The van der Waals surface area contributed by atoms with E-state index in [2.05, 4.69) is 10.2 Å². The molecule has 0 radical (unpaired) electrons. The summed E-state index contributed by atoms with van der Waals surface area (Å²) in [6.07, 6.45) is 0. The Morgan fingerprint density at radius 2 is 1.76 bits per heavy atom. The summed E-state index contributed by atoms with van der Waals surface area (Å²) in [5.41, 5.74) is 0.795. The highest BCUT2D eigenvalue weighted by Gasteiger charge is 2.17. The Bertz CT molecular complexity index is 1020. The van der Waals surface area contributed by atoms with Gasteiger partial charge in [-0.15, -0.1) is 0 Å². The molecular weight excluding hydrogens is 428 g/mol. The Kier molecular flexibility index (Phi) is 8.39. The number of Topliss-reactive ketones (excluding diaryl/α,β-unsaturated/α-hetero) is 1. The summed E-state index contributed by atoms with van der Waals surface area (Å²) < 4.78 is 16.6. The van der Waals surface area contributed by atoms with E-state index in [1.165, 1.54) is 31.2 Å². The number of nitrogens with one attached hydrogen (secondary N) is 1. The number of hydrogen-bond donors (Lipinski definition) is 2. The first-order chi connectivity index (χ1) is 15.9. The maximum absolute atomic E-state index is 13.0. The van der Waals surface area contributed by atoms with Gasteiger partial charge in [0.1, 0.15) is 18.1 Å². The third kappa shape index (κ3) is 6.77.